The van der Waals surface area contributed by atoms with Gasteiger partial charge >= 0.3 is 0 Å². The highest BCUT2D eigenvalue weighted by atomic mass is 16.5. The quantitative estimate of drug-likeness (QED) is 0.717. The summed E-state index contributed by atoms with van der Waals surface area (Å²) in [5, 5.41) is 12.7. The van der Waals surface area contributed by atoms with Gasteiger partial charge in [-0.2, -0.15) is 0 Å². The van der Waals surface area contributed by atoms with E-state index < -0.39 is 0 Å². The van der Waals surface area contributed by atoms with Gasteiger partial charge in [0.25, 0.3) is 0 Å². The number of aliphatic hydroxyl groups is 1. The number of hydrogen-bond acceptors (Lipinski definition) is 4. The third-order valence-electron chi connectivity index (χ3n) is 4.34. The van der Waals surface area contributed by atoms with Crippen LogP contribution in [0.15, 0.2) is 0 Å². The number of rotatable bonds is 7. The highest BCUT2D eigenvalue weighted by Gasteiger charge is 2.26. The topological polar surface area (TPSA) is 44.7 Å². The first-order chi connectivity index (χ1) is 8.50. The number of nitrogens with one attached hydrogen (secondary N) is 1. The standard InChI is InChI=1S/C14H30N2O2/c1-12(9-14(2,11-17)15-3)16(4)10-13-5-7-18-8-6-13/h12-13,15,17H,5-11H2,1-4H3. The minimum atomic E-state index is -0.177. The van der Waals surface area contributed by atoms with E-state index >= 15 is 0 Å². The van der Waals surface area contributed by atoms with Crippen molar-refractivity contribution in [3.05, 3.63) is 0 Å². The molecule has 108 valence electrons. The van der Waals surface area contributed by atoms with E-state index in [1.807, 2.05) is 7.05 Å². The monoisotopic (exact) mass is 258 g/mol. The van der Waals surface area contributed by atoms with Crippen LogP contribution in [0.3, 0.4) is 0 Å². The number of ether oxygens (including phenoxy) is 1. The summed E-state index contributed by atoms with van der Waals surface area (Å²) in [7, 11) is 4.11. The maximum absolute atomic E-state index is 9.44. The average Bonchev–Trinajstić information content (AvgIpc) is 2.39. The molecular formula is C14H30N2O2. The lowest BCUT2D eigenvalue weighted by Gasteiger charge is -2.36. The Morgan fingerprint density at radius 3 is 2.56 bits per heavy atom. The van der Waals surface area contributed by atoms with Crippen molar-refractivity contribution >= 4 is 0 Å². The van der Waals surface area contributed by atoms with Gasteiger partial charge in [0.1, 0.15) is 0 Å². The van der Waals surface area contributed by atoms with E-state index in [2.05, 4.69) is 31.1 Å². The summed E-state index contributed by atoms with van der Waals surface area (Å²) in [6.45, 7) is 7.46. The molecule has 1 aliphatic heterocycles. The van der Waals surface area contributed by atoms with Crippen LogP contribution in [-0.2, 0) is 4.74 Å². The van der Waals surface area contributed by atoms with Crippen molar-refractivity contribution in [3.63, 3.8) is 0 Å². The number of aliphatic hydroxyl groups excluding tert-OH is 1. The van der Waals surface area contributed by atoms with E-state index in [0.29, 0.717) is 6.04 Å². The van der Waals surface area contributed by atoms with Gasteiger partial charge in [-0.1, -0.05) is 0 Å². The molecule has 2 atom stereocenters. The number of likely N-dealkylation sites (N-methyl/N-ethyl adjacent to an activating group) is 1. The van der Waals surface area contributed by atoms with Crippen LogP contribution >= 0.6 is 0 Å². The molecular weight excluding hydrogens is 228 g/mol. The van der Waals surface area contributed by atoms with Crippen LogP contribution in [0.1, 0.15) is 33.1 Å². The smallest absolute Gasteiger partial charge is 0.0611 e. The van der Waals surface area contributed by atoms with Crippen molar-refractivity contribution in [3.8, 4) is 0 Å². The first-order valence-corrected chi connectivity index (χ1v) is 7.08. The van der Waals surface area contributed by atoms with Gasteiger partial charge < -0.3 is 20.1 Å². The molecule has 0 aromatic carbocycles. The maximum atomic E-state index is 9.44. The van der Waals surface area contributed by atoms with Gasteiger partial charge in [0, 0.05) is 31.3 Å². The second-order valence-electron chi connectivity index (χ2n) is 6.02. The Bertz CT molecular complexity index is 226. The Kier molecular flexibility index (Phi) is 6.57. The Hall–Kier alpha value is -0.160. The number of nitrogens with zero attached hydrogens (tertiary/aromatic N) is 1. The fourth-order valence-corrected chi connectivity index (χ4v) is 2.57. The van der Waals surface area contributed by atoms with Crippen LogP contribution < -0.4 is 5.32 Å². The minimum absolute atomic E-state index is 0.177. The molecule has 18 heavy (non-hydrogen) atoms. The molecule has 2 unspecified atom stereocenters. The zero-order chi connectivity index (χ0) is 13.6. The molecule has 0 radical (unpaired) electrons. The molecule has 0 amide bonds. The largest absolute Gasteiger partial charge is 0.394 e. The number of hydrogen-bond donors (Lipinski definition) is 2. The van der Waals surface area contributed by atoms with E-state index in [1.54, 1.807) is 0 Å². The van der Waals surface area contributed by atoms with Crippen molar-refractivity contribution in [1.82, 2.24) is 10.2 Å². The van der Waals surface area contributed by atoms with Crippen molar-refractivity contribution in [2.45, 2.75) is 44.7 Å². The first kappa shape index (κ1) is 15.9. The van der Waals surface area contributed by atoms with Crippen molar-refractivity contribution in [1.29, 1.82) is 0 Å². The van der Waals surface area contributed by atoms with E-state index in [1.165, 1.54) is 12.8 Å². The summed E-state index contributed by atoms with van der Waals surface area (Å²) >= 11 is 0. The third-order valence-corrected chi connectivity index (χ3v) is 4.34. The highest BCUT2D eigenvalue weighted by molar-refractivity contribution is 4.85. The summed E-state index contributed by atoms with van der Waals surface area (Å²) in [4.78, 5) is 2.42. The van der Waals surface area contributed by atoms with Crippen LogP contribution in [0.2, 0.25) is 0 Å². The summed E-state index contributed by atoms with van der Waals surface area (Å²) in [6, 6.07) is 0.470. The highest BCUT2D eigenvalue weighted by Crippen LogP contribution is 2.19. The summed E-state index contributed by atoms with van der Waals surface area (Å²) in [5.74, 6) is 0.765. The second-order valence-corrected chi connectivity index (χ2v) is 6.02. The normalized spacial score (nSPS) is 23.0. The maximum Gasteiger partial charge on any atom is 0.0611 e. The van der Waals surface area contributed by atoms with Gasteiger partial charge in [-0.15, -0.1) is 0 Å². The van der Waals surface area contributed by atoms with E-state index in [9.17, 15) is 5.11 Å². The Morgan fingerprint density at radius 1 is 1.44 bits per heavy atom. The zero-order valence-corrected chi connectivity index (χ0v) is 12.4. The van der Waals surface area contributed by atoms with Crippen molar-refractivity contribution < 1.29 is 9.84 Å². The van der Waals surface area contributed by atoms with Gasteiger partial charge in [0.15, 0.2) is 0 Å². The van der Waals surface area contributed by atoms with E-state index in [4.69, 9.17) is 4.74 Å². The minimum Gasteiger partial charge on any atom is -0.394 e. The molecule has 0 aromatic rings. The van der Waals surface area contributed by atoms with E-state index in [0.717, 1.165) is 32.1 Å². The fourth-order valence-electron chi connectivity index (χ4n) is 2.57. The van der Waals surface area contributed by atoms with Crippen LogP contribution in [0.5, 0.6) is 0 Å². The van der Waals surface area contributed by atoms with Crippen LogP contribution in [-0.4, -0.2) is 62.0 Å². The van der Waals surface area contributed by atoms with Crippen LogP contribution in [0, 0.1) is 5.92 Å². The molecule has 1 heterocycles. The predicted molar refractivity (Wildman–Crippen MR) is 74.8 cm³/mol. The van der Waals surface area contributed by atoms with Crippen LogP contribution in [0.25, 0.3) is 0 Å². The molecule has 2 N–H and O–H groups in total. The van der Waals surface area contributed by atoms with Gasteiger partial charge in [0.2, 0.25) is 0 Å². The molecule has 0 aromatic heterocycles. The summed E-state index contributed by atoms with van der Waals surface area (Å²) in [6.07, 6.45) is 3.32. The zero-order valence-electron chi connectivity index (χ0n) is 12.4. The molecule has 4 nitrogen and oxygen atoms in total. The first-order valence-electron chi connectivity index (χ1n) is 7.08. The SMILES string of the molecule is CNC(C)(CO)CC(C)N(C)CC1CCOCC1. The summed E-state index contributed by atoms with van der Waals surface area (Å²) < 4.78 is 5.40. The van der Waals surface area contributed by atoms with Gasteiger partial charge in [0.05, 0.1) is 6.61 Å². The van der Waals surface area contributed by atoms with Gasteiger partial charge in [-0.05, 0) is 53.1 Å². The molecule has 0 aliphatic carbocycles. The molecule has 1 saturated heterocycles. The Labute approximate surface area is 112 Å². The molecule has 1 fully saturated rings. The van der Waals surface area contributed by atoms with Gasteiger partial charge in [-0.3, -0.25) is 0 Å². The molecule has 1 aliphatic rings. The van der Waals surface area contributed by atoms with Crippen LogP contribution in [0.4, 0.5) is 0 Å². The molecule has 4 heteroatoms. The Balaban J connectivity index is 2.37. The molecule has 0 bridgehead atoms. The average molecular weight is 258 g/mol. The lowest BCUT2D eigenvalue weighted by molar-refractivity contribution is 0.0470. The van der Waals surface area contributed by atoms with E-state index in [-0.39, 0.29) is 12.1 Å². The third kappa shape index (κ3) is 4.84. The summed E-state index contributed by atoms with van der Waals surface area (Å²) in [5.41, 5.74) is -0.177. The van der Waals surface area contributed by atoms with Crippen molar-refractivity contribution in [2.75, 3.05) is 40.5 Å². The Morgan fingerprint density at radius 2 is 2.06 bits per heavy atom. The second kappa shape index (κ2) is 7.43. The lowest BCUT2D eigenvalue weighted by Crippen LogP contribution is -2.49. The fraction of sp³-hybridized carbons (Fsp3) is 1.00. The van der Waals surface area contributed by atoms with Gasteiger partial charge in [-0.25, -0.2) is 0 Å². The molecule has 1 rings (SSSR count). The molecule has 0 saturated carbocycles. The molecule has 0 spiro atoms. The van der Waals surface area contributed by atoms with Crippen molar-refractivity contribution in [2.24, 2.45) is 5.92 Å². The lowest BCUT2D eigenvalue weighted by atomic mass is 9.93. The predicted octanol–water partition coefficient (Wildman–Crippen LogP) is 1.09.